The predicted molar refractivity (Wildman–Crippen MR) is 70.7 cm³/mol. The quantitative estimate of drug-likeness (QED) is 0.816. The Bertz CT molecular complexity index is 528. The highest BCUT2D eigenvalue weighted by molar-refractivity contribution is 5.54. The number of nitrogens with one attached hydrogen (secondary N) is 1. The number of aryl methyl sites for hydroxylation is 2. The molecule has 1 aromatic carbocycles. The highest BCUT2D eigenvalue weighted by atomic mass is 19.1. The minimum absolute atomic E-state index is 0.334. The predicted octanol–water partition coefficient (Wildman–Crippen LogP) is 2.32. The maximum absolute atomic E-state index is 13.2. The molecular weight excluding hydrogens is 231 g/mol. The molecule has 5 heteroatoms. The Morgan fingerprint density at radius 1 is 1.39 bits per heavy atom. The van der Waals surface area contributed by atoms with E-state index in [1.807, 2.05) is 13.2 Å². The molecule has 2 rings (SSSR count). The number of hydrogen-bond acceptors (Lipinski definition) is 3. The third-order valence-corrected chi connectivity index (χ3v) is 2.73. The largest absolute Gasteiger partial charge is 0.399 e. The number of benzene rings is 1. The van der Waals surface area contributed by atoms with E-state index >= 15 is 0 Å². The van der Waals surface area contributed by atoms with Gasteiger partial charge < -0.3 is 11.1 Å². The average Bonchev–Trinajstić information content (AvgIpc) is 2.66. The molecule has 1 aromatic heterocycles. The summed E-state index contributed by atoms with van der Waals surface area (Å²) in [6.07, 6.45) is 2.84. The minimum atomic E-state index is -0.334. The zero-order valence-electron chi connectivity index (χ0n) is 10.6. The summed E-state index contributed by atoms with van der Waals surface area (Å²) in [4.78, 5) is 0. The third kappa shape index (κ3) is 2.80. The van der Waals surface area contributed by atoms with Crippen LogP contribution in [0.3, 0.4) is 0 Å². The molecule has 2 aromatic rings. The second kappa shape index (κ2) is 5.08. The van der Waals surface area contributed by atoms with Gasteiger partial charge >= 0.3 is 0 Å². The van der Waals surface area contributed by atoms with Crippen LogP contribution in [0.2, 0.25) is 0 Å². The van der Waals surface area contributed by atoms with Gasteiger partial charge in [-0.1, -0.05) is 6.92 Å². The Kier molecular flexibility index (Phi) is 3.50. The first-order valence-corrected chi connectivity index (χ1v) is 5.90. The molecule has 1 heterocycles. The number of halogens is 1. The van der Waals surface area contributed by atoms with Gasteiger partial charge in [0.25, 0.3) is 0 Å². The van der Waals surface area contributed by atoms with Crippen LogP contribution in [-0.4, -0.2) is 9.78 Å². The maximum atomic E-state index is 13.2. The van der Waals surface area contributed by atoms with Crippen molar-refractivity contribution in [2.75, 3.05) is 11.1 Å². The van der Waals surface area contributed by atoms with Gasteiger partial charge in [0.1, 0.15) is 5.82 Å². The molecule has 4 nitrogen and oxygen atoms in total. The Hall–Kier alpha value is -2.04. The summed E-state index contributed by atoms with van der Waals surface area (Å²) in [6.45, 7) is 2.67. The minimum Gasteiger partial charge on any atom is -0.399 e. The normalized spacial score (nSPS) is 10.6. The molecule has 0 radical (unpaired) electrons. The van der Waals surface area contributed by atoms with Crippen LogP contribution < -0.4 is 11.1 Å². The van der Waals surface area contributed by atoms with Crippen LogP contribution in [0.25, 0.3) is 0 Å². The van der Waals surface area contributed by atoms with Gasteiger partial charge in [-0.2, -0.15) is 5.10 Å². The number of anilines is 2. The van der Waals surface area contributed by atoms with Gasteiger partial charge in [0.05, 0.1) is 5.69 Å². The average molecular weight is 248 g/mol. The summed E-state index contributed by atoms with van der Waals surface area (Å²) < 4.78 is 15.0. The van der Waals surface area contributed by atoms with Crippen LogP contribution in [0.1, 0.15) is 18.2 Å². The van der Waals surface area contributed by atoms with Crippen LogP contribution in [0.15, 0.2) is 24.4 Å². The molecular formula is C13H17FN4. The first-order chi connectivity index (χ1) is 8.58. The first-order valence-electron chi connectivity index (χ1n) is 5.90. The van der Waals surface area contributed by atoms with Crippen molar-refractivity contribution in [3.8, 4) is 0 Å². The van der Waals surface area contributed by atoms with E-state index in [9.17, 15) is 4.39 Å². The summed E-state index contributed by atoms with van der Waals surface area (Å²) in [5, 5.41) is 7.51. The molecule has 0 bridgehead atoms. The van der Waals surface area contributed by atoms with E-state index in [0.717, 1.165) is 17.7 Å². The van der Waals surface area contributed by atoms with Gasteiger partial charge in [-0.05, 0) is 24.6 Å². The number of nitrogens with zero attached hydrogens (tertiary/aromatic N) is 2. The van der Waals surface area contributed by atoms with E-state index in [1.54, 1.807) is 10.7 Å². The van der Waals surface area contributed by atoms with Gasteiger partial charge in [-0.25, -0.2) is 4.39 Å². The lowest BCUT2D eigenvalue weighted by Crippen LogP contribution is -2.02. The van der Waals surface area contributed by atoms with Gasteiger partial charge in [0.2, 0.25) is 0 Å². The molecule has 3 N–H and O–H groups in total. The van der Waals surface area contributed by atoms with Crippen molar-refractivity contribution in [1.82, 2.24) is 9.78 Å². The highest BCUT2D eigenvalue weighted by Crippen LogP contribution is 2.17. The van der Waals surface area contributed by atoms with Crippen LogP contribution in [0.5, 0.6) is 0 Å². The monoisotopic (exact) mass is 248 g/mol. The molecule has 0 aliphatic carbocycles. The van der Waals surface area contributed by atoms with Crippen LogP contribution in [0.4, 0.5) is 15.8 Å². The molecule has 0 atom stereocenters. The first kappa shape index (κ1) is 12.4. The fourth-order valence-electron chi connectivity index (χ4n) is 1.94. The number of nitrogens with two attached hydrogens (primary N) is 1. The fourth-order valence-corrected chi connectivity index (χ4v) is 1.94. The number of rotatable bonds is 4. The topological polar surface area (TPSA) is 55.9 Å². The molecule has 0 saturated heterocycles. The van der Waals surface area contributed by atoms with Crippen LogP contribution in [0, 0.1) is 5.82 Å². The summed E-state index contributed by atoms with van der Waals surface area (Å²) in [5.41, 5.74) is 8.85. The fraction of sp³-hybridized carbons (Fsp3) is 0.308. The Labute approximate surface area is 106 Å². The molecule has 0 amide bonds. The smallest absolute Gasteiger partial charge is 0.127 e. The SMILES string of the molecule is CCc1nn(C)cc1CNc1cc(N)cc(F)c1. The molecule has 18 heavy (non-hydrogen) atoms. The number of nitrogen functional groups attached to an aromatic ring is 1. The molecule has 96 valence electrons. The zero-order chi connectivity index (χ0) is 13.1. The number of hydrogen-bond donors (Lipinski definition) is 2. The van der Waals surface area contributed by atoms with Gasteiger partial charge in [0, 0.05) is 36.7 Å². The van der Waals surface area contributed by atoms with Crippen molar-refractivity contribution in [3.05, 3.63) is 41.5 Å². The summed E-state index contributed by atoms with van der Waals surface area (Å²) in [5.74, 6) is -0.334. The lowest BCUT2D eigenvalue weighted by molar-refractivity contribution is 0.629. The van der Waals surface area contributed by atoms with Crippen molar-refractivity contribution < 1.29 is 4.39 Å². The highest BCUT2D eigenvalue weighted by Gasteiger charge is 2.06. The maximum Gasteiger partial charge on any atom is 0.127 e. The Morgan fingerprint density at radius 2 is 2.17 bits per heavy atom. The lowest BCUT2D eigenvalue weighted by Gasteiger charge is -2.07. The third-order valence-electron chi connectivity index (χ3n) is 2.73. The summed E-state index contributed by atoms with van der Waals surface area (Å²) in [6, 6.07) is 4.44. The van der Waals surface area contributed by atoms with Crippen LogP contribution in [-0.2, 0) is 20.0 Å². The second-order valence-electron chi connectivity index (χ2n) is 4.26. The zero-order valence-corrected chi connectivity index (χ0v) is 10.6. The van der Waals surface area contributed by atoms with Crippen molar-refractivity contribution in [3.63, 3.8) is 0 Å². The van der Waals surface area contributed by atoms with E-state index < -0.39 is 0 Å². The standard InChI is InChI=1S/C13H17FN4/c1-3-13-9(8-18(2)17-13)7-16-12-5-10(14)4-11(15)6-12/h4-6,8,16H,3,7,15H2,1-2H3. The Morgan fingerprint density at radius 3 is 2.83 bits per heavy atom. The van der Waals surface area contributed by atoms with Crippen molar-refractivity contribution in [2.45, 2.75) is 19.9 Å². The summed E-state index contributed by atoms with van der Waals surface area (Å²) in [7, 11) is 1.89. The molecule has 0 aliphatic heterocycles. The van der Waals surface area contributed by atoms with Gasteiger partial charge in [-0.3, -0.25) is 4.68 Å². The molecule has 0 unspecified atom stereocenters. The molecule has 0 fully saturated rings. The van der Waals surface area contributed by atoms with E-state index in [4.69, 9.17) is 5.73 Å². The van der Waals surface area contributed by atoms with Crippen LogP contribution >= 0.6 is 0 Å². The van der Waals surface area contributed by atoms with Crippen molar-refractivity contribution in [1.29, 1.82) is 0 Å². The summed E-state index contributed by atoms with van der Waals surface area (Å²) >= 11 is 0. The van der Waals surface area contributed by atoms with E-state index in [-0.39, 0.29) is 5.82 Å². The van der Waals surface area contributed by atoms with Gasteiger partial charge in [-0.15, -0.1) is 0 Å². The second-order valence-corrected chi connectivity index (χ2v) is 4.26. The van der Waals surface area contributed by atoms with Gasteiger partial charge in [0.15, 0.2) is 0 Å². The lowest BCUT2D eigenvalue weighted by atomic mass is 10.2. The number of aromatic nitrogens is 2. The van der Waals surface area contributed by atoms with E-state index in [1.165, 1.54) is 12.1 Å². The molecule has 0 aliphatic rings. The van der Waals surface area contributed by atoms with Crippen molar-refractivity contribution >= 4 is 11.4 Å². The van der Waals surface area contributed by atoms with Crippen molar-refractivity contribution in [2.24, 2.45) is 7.05 Å². The van der Waals surface area contributed by atoms with E-state index in [2.05, 4.69) is 17.3 Å². The molecule has 0 spiro atoms. The Balaban J connectivity index is 2.11. The molecule has 0 saturated carbocycles. The van der Waals surface area contributed by atoms with E-state index in [0.29, 0.717) is 17.9 Å².